The molecular weight excluding hydrogens is 262 g/mol. The number of hydrogen-bond donors (Lipinski definition) is 1. The molecule has 7 heteroatoms. The van der Waals surface area contributed by atoms with Crippen molar-refractivity contribution in [1.82, 2.24) is 9.78 Å². The first-order valence-electron chi connectivity index (χ1n) is 5.40. The van der Waals surface area contributed by atoms with E-state index in [0.29, 0.717) is 18.0 Å². The summed E-state index contributed by atoms with van der Waals surface area (Å²) in [4.78, 5) is 0. The molecule has 1 aromatic rings. The van der Waals surface area contributed by atoms with Crippen LogP contribution in [0, 0.1) is 6.92 Å². The Kier molecular flexibility index (Phi) is 3.00. The molecule has 0 saturated carbocycles. The minimum atomic E-state index is -2.99. The fourth-order valence-electron chi connectivity index (χ4n) is 2.31. The molecule has 1 aliphatic heterocycles. The standard InChI is InChI=1S/C10H16ClN3O2S/c1-7-8(9(11)14(2)13-7)5-10(12)3-4-17(15,16)6-10/h3-6,12H2,1-2H3. The van der Waals surface area contributed by atoms with Crippen LogP contribution in [0.3, 0.4) is 0 Å². The van der Waals surface area contributed by atoms with Crippen LogP contribution in [0.2, 0.25) is 5.15 Å². The second-order valence-corrected chi connectivity index (χ2v) is 7.40. The van der Waals surface area contributed by atoms with E-state index < -0.39 is 15.4 Å². The highest BCUT2D eigenvalue weighted by Gasteiger charge is 2.40. The van der Waals surface area contributed by atoms with E-state index in [4.69, 9.17) is 17.3 Å². The van der Waals surface area contributed by atoms with E-state index in [2.05, 4.69) is 5.10 Å². The van der Waals surface area contributed by atoms with Gasteiger partial charge in [-0.15, -0.1) is 0 Å². The van der Waals surface area contributed by atoms with E-state index in [1.165, 1.54) is 0 Å². The fourth-order valence-corrected chi connectivity index (χ4v) is 4.53. The zero-order chi connectivity index (χ0) is 12.8. The van der Waals surface area contributed by atoms with Crippen LogP contribution >= 0.6 is 11.6 Å². The van der Waals surface area contributed by atoms with E-state index >= 15 is 0 Å². The molecular formula is C10H16ClN3O2S. The normalized spacial score (nSPS) is 27.5. The average molecular weight is 278 g/mol. The van der Waals surface area contributed by atoms with Gasteiger partial charge in [0.15, 0.2) is 9.84 Å². The van der Waals surface area contributed by atoms with Crippen molar-refractivity contribution in [3.63, 3.8) is 0 Å². The lowest BCUT2D eigenvalue weighted by atomic mass is 9.92. The quantitative estimate of drug-likeness (QED) is 0.851. The van der Waals surface area contributed by atoms with Crippen molar-refractivity contribution in [3.8, 4) is 0 Å². The van der Waals surface area contributed by atoms with Crippen LogP contribution < -0.4 is 5.73 Å². The van der Waals surface area contributed by atoms with E-state index in [9.17, 15) is 8.42 Å². The van der Waals surface area contributed by atoms with Gasteiger partial charge in [-0.3, -0.25) is 4.68 Å². The first-order valence-corrected chi connectivity index (χ1v) is 7.60. The number of halogens is 1. The minimum Gasteiger partial charge on any atom is -0.324 e. The number of aromatic nitrogens is 2. The molecule has 1 aliphatic rings. The molecule has 2 rings (SSSR count). The van der Waals surface area contributed by atoms with E-state index in [0.717, 1.165) is 11.3 Å². The first kappa shape index (κ1) is 12.9. The third-order valence-corrected chi connectivity index (χ3v) is 5.53. The molecule has 1 unspecified atom stereocenters. The van der Waals surface area contributed by atoms with Gasteiger partial charge in [-0.2, -0.15) is 5.10 Å². The highest BCUT2D eigenvalue weighted by molar-refractivity contribution is 7.91. The summed E-state index contributed by atoms with van der Waals surface area (Å²) < 4.78 is 24.5. The molecule has 1 saturated heterocycles. The SMILES string of the molecule is Cc1nn(C)c(Cl)c1CC1(N)CCS(=O)(=O)C1. The monoisotopic (exact) mass is 277 g/mol. The molecule has 5 nitrogen and oxygen atoms in total. The van der Waals surface area contributed by atoms with Crippen LogP contribution in [-0.2, 0) is 23.3 Å². The van der Waals surface area contributed by atoms with Crippen molar-refractivity contribution in [2.75, 3.05) is 11.5 Å². The molecule has 0 aromatic carbocycles. The predicted octanol–water partition coefficient (Wildman–Crippen LogP) is 0.440. The number of nitrogens with two attached hydrogens (primary N) is 1. The van der Waals surface area contributed by atoms with Crippen molar-refractivity contribution in [1.29, 1.82) is 0 Å². The second kappa shape index (κ2) is 3.96. The Bertz CT molecular complexity index is 552. The third kappa shape index (κ3) is 2.48. The van der Waals surface area contributed by atoms with Gasteiger partial charge in [-0.25, -0.2) is 8.42 Å². The second-order valence-electron chi connectivity index (χ2n) is 4.86. The smallest absolute Gasteiger partial charge is 0.152 e. The molecule has 0 spiro atoms. The van der Waals surface area contributed by atoms with Gasteiger partial charge in [0.2, 0.25) is 0 Å². The third-order valence-electron chi connectivity index (χ3n) is 3.22. The van der Waals surface area contributed by atoms with Gasteiger partial charge in [0.1, 0.15) is 5.15 Å². The summed E-state index contributed by atoms with van der Waals surface area (Å²) in [6, 6.07) is 0. The van der Waals surface area contributed by atoms with Crippen LogP contribution in [0.4, 0.5) is 0 Å². The maximum Gasteiger partial charge on any atom is 0.152 e. The van der Waals surface area contributed by atoms with Crippen LogP contribution in [0.15, 0.2) is 0 Å². The molecule has 1 fully saturated rings. The van der Waals surface area contributed by atoms with Gasteiger partial charge >= 0.3 is 0 Å². The predicted molar refractivity (Wildman–Crippen MR) is 66.8 cm³/mol. The first-order chi connectivity index (χ1) is 7.72. The van der Waals surface area contributed by atoms with Gasteiger partial charge < -0.3 is 5.73 Å². The number of nitrogens with zero attached hydrogens (tertiary/aromatic N) is 2. The molecule has 0 aliphatic carbocycles. The molecule has 2 heterocycles. The Labute approximate surface area is 106 Å². The molecule has 96 valence electrons. The topological polar surface area (TPSA) is 78.0 Å². The van der Waals surface area contributed by atoms with Crippen LogP contribution in [0.25, 0.3) is 0 Å². The largest absolute Gasteiger partial charge is 0.324 e. The zero-order valence-electron chi connectivity index (χ0n) is 9.90. The summed E-state index contributed by atoms with van der Waals surface area (Å²) in [6.45, 7) is 1.86. The Balaban J connectivity index is 2.27. The Morgan fingerprint density at radius 3 is 2.65 bits per heavy atom. The molecule has 1 aromatic heterocycles. The summed E-state index contributed by atoms with van der Waals surface area (Å²) in [6.07, 6.45) is 0.949. The minimum absolute atomic E-state index is 0.0324. The van der Waals surface area contributed by atoms with E-state index in [-0.39, 0.29) is 11.5 Å². The van der Waals surface area contributed by atoms with Crippen molar-refractivity contribution < 1.29 is 8.42 Å². The van der Waals surface area contributed by atoms with Crippen molar-refractivity contribution >= 4 is 21.4 Å². The number of rotatable bonds is 2. The van der Waals surface area contributed by atoms with Gasteiger partial charge in [0.05, 0.1) is 17.2 Å². The number of sulfone groups is 1. The van der Waals surface area contributed by atoms with Gasteiger partial charge in [0, 0.05) is 18.2 Å². The van der Waals surface area contributed by atoms with Crippen LogP contribution in [-0.4, -0.2) is 35.2 Å². The highest BCUT2D eigenvalue weighted by Crippen LogP contribution is 2.29. The lowest BCUT2D eigenvalue weighted by Gasteiger charge is -2.21. The molecule has 0 radical (unpaired) electrons. The summed E-state index contributed by atoms with van der Waals surface area (Å²) >= 11 is 6.12. The maximum absolute atomic E-state index is 11.5. The van der Waals surface area contributed by atoms with Crippen molar-refractivity contribution in [2.45, 2.75) is 25.3 Å². The van der Waals surface area contributed by atoms with Crippen molar-refractivity contribution in [3.05, 3.63) is 16.4 Å². The van der Waals surface area contributed by atoms with Crippen LogP contribution in [0.1, 0.15) is 17.7 Å². The van der Waals surface area contributed by atoms with Gasteiger partial charge in [-0.05, 0) is 19.8 Å². The molecule has 1 atom stereocenters. The lowest BCUT2D eigenvalue weighted by molar-refractivity contribution is 0.475. The zero-order valence-corrected chi connectivity index (χ0v) is 11.5. The van der Waals surface area contributed by atoms with E-state index in [1.807, 2.05) is 6.92 Å². The highest BCUT2D eigenvalue weighted by atomic mass is 35.5. The van der Waals surface area contributed by atoms with E-state index in [1.54, 1.807) is 11.7 Å². The summed E-state index contributed by atoms with van der Waals surface area (Å²) in [5.41, 5.74) is 7.11. The Hall–Kier alpha value is -0.590. The maximum atomic E-state index is 11.5. The van der Waals surface area contributed by atoms with Crippen LogP contribution in [0.5, 0.6) is 0 Å². The number of aryl methyl sites for hydroxylation is 2. The lowest BCUT2D eigenvalue weighted by Crippen LogP contribution is -2.43. The molecule has 0 bridgehead atoms. The molecule has 0 amide bonds. The molecule has 17 heavy (non-hydrogen) atoms. The van der Waals surface area contributed by atoms with Gasteiger partial charge in [-0.1, -0.05) is 11.6 Å². The summed E-state index contributed by atoms with van der Waals surface area (Å²) in [5, 5.41) is 4.74. The average Bonchev–Trinajstić information content (AvgIpc) is 2.59. The Morgan fingerprint density at radius 2 is 2.24 bits per heavy atom. The van der Waals surface area contributed by atoms with Crippen molar-refractivity contribution in [2.24, 2.45) is 12.8 Å². The number of hydrogen-bond acceptors (Lipinski definition) is 4. The summed E-state index contributed by atoms with van der Waals surface area (Å²) in [5.74, 6) is 0.199. The fraction of sp³-hybridized carbons (Fsp3) is 0.700. The van der Waals surface area contributed by atoms with Gasteiger partial charge in [0.25, 0.3) is 0 Å². The molecule has 2 N–H and O–H groups in total. The summed E-state index contributed by atoms with van der Waals surface area (Å²) in [7, 11) is -1.23. The Morgan fingerprint density at radius 1 is 1.59 bits per heavy atom.